The molecule has 15 heavy (non-hydrogen) atoms. The van der Waals surface area contributed by atoms with Crippen molar-refractivity contribution in [3.05, 3.63) is 35.4 Å². The highest BCUT2D eigenvalue weighted by molar-refractivity contribution is 6.31. The second-order valence-electron chi connectivity index (χ2n) is 2.91. The zero-order valence-electron chi connectivity index (χ0n) is 8.18. The van der Waals surface area contributed by atoms with Gasteiger partial charge in [0.25, 0.3) is 0 Å². The Bertz CT molecular complexity index is 458. The van der Waals surface area contributed by atoms with Gasteiger partial charge < -0.3 is 0 Å². The number of hydrogen-bond acceptors (Lipinski definition) is 4. The van der Waals surface area contributed by atoms with Gasteiger partial charge in [0.15, 0.2) is 11.6 Å². The topological polar surface area (TPSA) is 51.6 Å². The van der Waals surface area contributed by atoms with E-state index in [0.29, 0.717) is 16.7 Å². The third kappa shape index (κ3) is 2.10. The molecule has 0 aliphatic rings. The number of rotatable bonds is 2. The summed E-state index contributed by atoms with van der Waals surface area (Å²) in [6.45, 7) is 1.99. The molecule has 0 atom stereocenters. The standard InChI is InChI=1S/C10H9ClN4/c1-2-8-7(11)6-14-10(15-8)9-12-4-3-5-13-9/h3-6H,2H2,1H3. The molecule has 2 rings (SSSR count). The second kappa shape index (κ2) is 4.31. The van der Waals surface area contributed by atoms with E-state index in [1.54, 1.807) is 24.7 Å². The molecule has 0 aliphatic carbocycles. The molecule has 2 aromatic heterocycles. The van der Waals surface area contributed by atoms with Gasteiger partial charge in [-0.25, -0.2) is 19.9 Å². The van der Waals surface area contributed by atoms with Crippen molar-refractivity contribution in [1.82, 2.24) is 19.9 Å². The fourth-order valence-corrected chi connectivity index (χ4v) is 1.40. The van der Waals surface area contributed by atoms with Gasteiger partial charge in [0.1, 0.15) is 0 Å². The minimum atomic E-state index is 0.511. The lowest BCUT2D eigenvalue weighted by Gasteiger charge is -2.02. The molecule has 0 saturated heterocycles. The normalized spacial score (nSPS) is 10.3. The molecule has 4 nitrogen and oxygen atoms in total. The molecule has 0 amide bonds. The van der Waals surface area contributed by atoms with E-state index >= 15 is 0 Å². The van der Waals surface area contributed by atoms with Crippen LogP contribution in [0.4, 0.5) is 0 Å². The van der Waals surface area contributed by atoms with Crippen LogP contribution in [0.1, 0.15) is 12.6 Å². The van der Waals surface area contributed by atoms with E-state index in [0.717, 1.165) is 12.1 Å². The van der Waals surface area contributed by atoms with Crippen LogP contribution in [-0.4, -0.2) is 19.9 Å². The summed E-state index contributed by atoms with van der Waals surface area (Å²) in [7, 11) is 0. The summed E-state index contributed by atoms with van der Waals surface area (Å²) in [5, 5.41) is 0.581. The molecule has 0 aliphatic heterocycles. The Morgan fingerprint density at radius 3 is 2.53 bits per heavy atom. The highest BCUT2D eigenvalue weighted by Gasteiger charge is 2.07. The number of halogens is 1. The van der Waals surface area contributed by atoms with E-state index in [2.05, 4.69) is 19.9 Å². The van der Waals surface area contributed by atoms with E-state index in [1.807, 2.05) is 6.92 Å². The largest absolute Gasteiger partial charge is 0.234 e. The Balaban J connectivity index is 2.46. The number of aromatic nitrogens is 4. The van der Waals surface area contributed by atoms with Gasteiger partial charge in [-0.15, -0.1) is 0 Å². The van der Waals surface area contributed by atoms with Gasteiger partial charge in [-0.05, 0) is 12.5 Å². The molecular weight excluding hydrogens is 212 g/mol. The SMILES string of the molecule is CCc1nc(-c2ncccn2)ncc1Cl. The number of nitrogens with zero attached hydrogens (tertiary/aromatic N) is 4. The highest BCUT2D eigenvalue weighted by atomic mass is 35.5. The molecule has 0 saturated carbocycles. The van der Waals surface area contributed by atoms with Crippen molar-refractivity contribution >= 4 is 11.6 Å². The first-order chi connectivity index (χ1) is 7.31. The fraction of sp³-hybridized carbons (Fsp3) is 0.200. The molecular formula is C10H9ClN4. The third-order valence-corrected chi connectivity index (χ3v) is 2.23. The number of hydrogen-bond donors (Lipinski definition) is 0. The Labute approximate surface area is 92.4 Å². The van der Waals surface area contributed by atoms with E-state index in [9.17, 15) is 0 Å². The van der Waals surface area contributed by atoms with Crippen LogP contribution in [0, 0.1) is 0 Å². The van der Waals surface area contributed by atoms with E-state index < -0.39 is 0 Å². The van der Waals surface area contributed by atoms with E-state index in [1.165, 1.54) is 0 Å². The molecule has 0 aromatic carbocycles. The molecule has 2 heterocycles. The molecule has 0 unspecified atom stereocenters. The average Bonchev–Trinajstić information content (AvgIpc) is 2.31. The lowest BCUT2D eigenvalue weighted by molar-refractivity contribution is 0.984. The first-order valence-corrected chi connectivity index (χ1v) is 4.98. The molecule has 0 fully saturated rings. The van der Waals surface area contributed by atoms with Crippen molar-refractivity contribution in [2.45, 2.75) is 13.3 Å². The Morgan fingerprint density at radius 2 is 1.87 bits per heavy atom. The van der Waals surface area contributed by atoms with Crippen LogP contribution in [0.5, 0.6) is 0 Å². The molecule has 0 bridgehead atoms. The second-order valence-corrected chi connectivity index (χ2v) is 3.32. The predicted molar refractivity (Wildman–Crippen MR) is 57.4 cm³/mol. The summed E-state index contributed by atoms with van der Waals surface area (Å²) < 4.78 is 0. The summed E-state index contributed by atoms with van der Waals surface area (Å²) >= 11 is 5.92. The summed E-state index contributed by atoms with van der Waals surface area (Å²) in [6, 6.07) is 1.75. The Hall–Kier alpha value is -1.55. The van der Waals surface area contributed by atoms with Crippen LogP contribution in [0.3, 0.4) is 0 Å². The zero-order valence-corrected chi connectivity index (χ0v) is 8.94. The first-order valence-electron chi connectivity index (χ1n) is 4.60. The van der Waals surface area contributed by atoms with Gasteiger partial charge in [-0.2, -0.15) is 0 Å². The van der Waals surface area contributed by atoms with Gasteiger partial charge in [-0.3, -0.25) is 0 Å². The van der Waals surface area contributed by atoms with Crippen molar-refractivity contribution in [3.63, 3.8) is 0 Å². The molecule has 0 spiro atoms. The van der Waals surface area contributed by atoms with Crippen molar-refractivity contribution < 1.29 is 0 Å². The van der Waals surface area contributed by atoms with Crippen molar-refractivity contribution in [2.75, 3.05) is 0 Å². The predicted octanol–water partition coefficient (Wildman–Crippen LogP) is 2.15. The first kappa shape index (κ1) is 9.98. The smallest absolute Gasteiger partial charge is 0.198 e. The van der Waals surface area contributed by atoms with Gasteiger partial charge in [0.05, 0.1) is 10.7 Å². The third-order valence-electron chi connectivity index (χ3n) is 1.92. The van der Waals surface area contributed by atoms with Crippen molar-refractivity contribution in [3.8, 4) is 11.6 Å². The summed E-state index contributed by atoms with van der Waals surface area (Å²) in [5.41, 5.74) is 0.814. The maximum Gasteiger partial charge on any atom is 0.198 e. The fourth-order valence-electron chi connectivity index (χ4n) is 1.17. The Kier molecular flexibility index (Phi) is 2.87. The highest BCUT2D eigenvalue weighted by Crippen LogP contribution is 2.16. The average molecular weight is 221 g/mol. The van der Waals surface area contributed by atoms with Gasteiger partial charge in [-0.1, -0.05) is 18.5 Å². The maximum absolute atomic E-state index is 5.92. The molecule has 0 N–H and O–H groups in total. The Morgan fingerprint density at radius 1 is 1.13 bits per heavy atom. The molecule has 2 aromatic rings. The van der Waals surface area contributed by atoms with E-state index in [-0.39, 0.29) is 0 Å². The minimum Gasteiger partial charge on any atom is -0.234 e. The van der Waals surface area contributed by atoms with Crippen LogP contribution in [0.15, 0.2) is 24.7 Å². The molecule has 0 radical (unpaired) electrons. The van der Waals surface area contributed by atoms with Gasteiger partial charge in [0, 0.05) is 18.6 Å². The molecule has 76 valence electrons. The summed E-state index contributed by atoms with van der Waals surface area (Å²) in [4.78, 5) is 16.5. The van der Waals surface area contributed by atoms with Crippen LogP contribution in [0.25, 0.3) is 11.6 Å². The van der Waals surface area contributed by atoms with Crippen LogP contribution < -0.4 is 0 Å². The van der Waals surface area contributed by atoms with Crippen LogP contribution in [0.2, 0.25) is 5.02 Å². The maximum atomic E-state index is 5.92. The van der Waals surface area contributed by atoms with E-state index in [4.69, 9.17) is 11.6 Å². The van der Waals surface area contributed by atoms with Crippen LogP contribution in [-0.2, 0) is 6.42 Å². The molecule has 5 heteroatoms. The van der Waals surface area contributed by atoms with Crippen molar-refractivity contribution in [1.29, 1.82) is 0 Å². The zero-order chi connectivity index (χ0) is 10.7. The summed E-state index contributed by atoms with van der Waals surface area (Å²) in [6.07, 6.45) is 5.66. The van der Waals surface area contributed by atoms with Crippen LogP contribution >= 0.6 is 11.6 Å². The lowest BCUT2D eigenvalue weighted by atomic mass is 10.3. The van der Waals surface area contributed by atoms with Gasteiger partial charge in [0.2, 0.25) is 0 Å². The summed E-state index contributed by atoms with van der Waals surface area (Å²) in [5.74, 6) is 1.03. The quantitative estimate of drug-likeness (QED) is 0.778. The minimum absolute atomic E-state index is 0.511. The van der Waals surface area contributed by atoms with Gasteiger partial charge >= 0.3 is 0 Å². The van der Waals surface area contributed by atoms with Crippen molar-refractivity contribution in [2.24, 2.45) is 0 Å². The lowest BCUT2D eigenvalue weighted by Crippen LogP contribution is -1.98. The number of aryl methyl sites for hydroxylation is 1. The monoisotopic (exact) mass is 220 g/mol.